The van der Waals surface area contributed by atoms with Gasteiger partial charge in [-0.05, 0) is 25.0 Å². The molecule has 1 fully saturated rings. The number of carbonyl (C=O) groups excluding carboxylic acids is 1. The Hall–Kier alpha value is -0.700. The number of hydrogen-bond donors (Lipinski definition) is 0. The highest BCUT2D eigenvalue weighted by molar-refractivity contribution is 9.10. The molecule has 0 radical (unpaired) electrons. The lowest BCUT2D eigenvalue weighted by atomic mass is 10.2. The fourth-order valence-electron chi connectivity index (χ4n) is 1.09. The zero-order valence-electron chi connectivity index (χ0n) is 6.46. The van der Waals surface area contributed by atoms with Gasteiger partial charge in [0, 0.05) is 16.6 Å². The van der Waals surface area contributed by atoms with Crippen molar-refractivity contribution in [3.63, 3.8) is 0 Å². The van der Waals surface area contributed by atoms with Crippen LogP contribution in [0.15, 0.2) is 22.8 Å². The predicted molar refractivity (Wildman–Crippen MR) is 49.0 cm³/mol. The van der Waals surface area contributed by atoms with Crippen LogP contribution < -0.4 is 0 Å². The van der Waals surface area contributed by atoms with Crippen LogP contribution in [0.4, 0.5) is 0 Å². The first-order valence-electron chi connectivity index (χ1n) is 3.93. The van der Waals surface area contributed by atoms with Crippen LogP contribution in [0, 0.1) is 5.92 Å². The highest BCUT2D eigenvalue weighted by Crippen LogP contribution is 2.32. The molecule has 0 unspecified atom stereocenters. The Bertz CT molecular complexity index is 320. The molecule has 0 atom stereocenters. The maximum atomic E-state index is 11.5. The molecular formula is C9H8BrNO. The zero-order chi connectivity index (χ0) is 8.55. The molecule has 62 valence electrons. The summed E-state index contributed by atoms with van der Waals surface area (Å²) in [6.45, 7) is 0. The van der Waals surface area contributed by atoms with Gasteiger partial charge in [0.25, 0.3) is 0 Å². The van der Waals surface area contributed by atoms with Crippen molar-refractivity contribution < 1.29 is 4.79 Å². The van der Waals surface area contributed by atoms with E-state index in [-0.39, 0.29) is 11.7 Å². The van der Waals surface area contributed by atoms with Crippen molar-refractivity contribution >= 4 is 21.7 Å². The summed E-state index contributed by atoms with van der Waals surface area (Å²) in [6.07, 6.45) is 3.72. The maximum Gasteiger partial charge on any atom is 0.184 e. The first kappa shape index (κ1) is 7.92. The summed E-state index contributed by atoms with van der Waals surface area (Å²) in [5, 5.41) is 0. The van der Waals surface area contributed by atoms with Crippen LogP contribution in [0.25, 0.3) is 0 Å². The second-order valence-corrected chi connectivity index (χ2v) is 3.91. The first-order valence-corrected chi connectivity index (χ1v) is 4.72. The number of aromatic nitrogens is 1. The molecule has 1 saturated carbocycles. The third-order valence-electron chi connectivity index (χ3n) is 1.92. The highest BCUT2D eigenvalue weighted by Gasteiger charge is 2.31. The van der Waals surface area contributed by atoms with E-state index in [4.69, 9.17) is 0 Å². The fraction of sp³-hybridized carbons (Fsp3) is 0.333. The predicted octanol–water partition coefficient (Wildman–Crippen LogP) is 2.44. The van der Waals surface area contributed by atoms with Crippen LogP contribution in [0.3, 0.4) is 0 Å². The molecule has 2 rings (SSSR count). The average molecular weight is 226 g/mol. The molecule has 0 aromatic carbocycles. The Morgan fingerprint density at radius 2 is 2.33 bits per heavy atom. The van der Waals surface area contributed by atoms with E-state index in [1.165, 1.54) is 0 Å². The van der Waals surface area contributed by atoms with Crippen LogP contribution in [-0.4, -0.2) is 10.8 Å². The van der Waals surface area contributed by atoms with Gasteiger partial charge in [0.15, 0.2) is 5.78 Å². The van der Waals surface area contributed by atoms with Crippen LogP contribution in [0.2, 0.25) is 0 Å². The maximum absolute atomic E-state index is 11.5. The minimum atomic E-state index is 0.191. The molecule has 0 aliphatic heterocycles. The molecule has 1 aliphatic rings. The van der Waals surface area contributed by atoms with Gasteiger partial charge in [0.05, 0.1) is 0 Å². The lowest BCUT2D eigenvalue weighted by molar-refractivity contribution is 0.0962. The number of rotatable bonds is 2. The standard InChI is InChI=1S/C9H8BrNO/c10-7-3-4-11-8(5-7)9(12)6-1-2-6/h3-6H,1-2H2. The van der Waals surface area contributed by atoms with Gasteiger partial charge in [-0.25, -0.2) is 0 Å². The molecule has 0 spiro atoms. The van der Waals surface area contributed by atoms with Crippen LogP contribution >= 0.6 is 15.9 Å². The summed E-state index contributed by atoms with van der Waals surface area (Å²) in [4.78, 5) is 15.5. The summed E-state index contributed by atoms with van der Waals surface area (Å²) >= 11 is 3.31. The second-order valence-electron chi connectivity index (χ2n) is 3.00. The molecule has 3 heteroatoms. The van der Waals surface area contributed by atoms with Gasteiger partial charge in [-0.2, -0.15) is 0 Å². The van der Waals surface area contributed by atoms with E-state index >= 15 is 0 Å². The normalized spacial score (nSPS) is 16.1. The summed E-state index contributed by atoms with van der Waals surface area (Å²) in [7, 11) is 0. The summed E-state index contributed by atoms with van der Waals surface area (Å²) in [5.74, 6) is 0.447. The quantitative estimate of drug-likeness (QED) is 0.725. The summed E-state index contributed by atoms with van der Waals surface area (Å²) in [5.41, 5.74) is 0.590. The Morgan fingerprint density at radius 3 is 2.92 bits per heavy atom. The Kier molecular flexibility index (Phi) is 1.97. The van der Waals surface area contributed by atoms with Crippen LogP contribution in [0.1, 0.15) is 23.3 Å². The molecule has 1 aliphatic carbocycles. The molecule has 0 N–H and O–H groups in total. The number of halogens is 1. The minimum Gasteiger partial charge on any atom is -0.292 e. The van der Waals surface area contributed by atoms with Gasteiger partial charge < -0.3 is 0 Å². The van der Waals surface area contributed by atoms with Gasteiger partial charge in [0.1, 0.15) is 5.69 Å². The zero-order valence-corrected chi connectivity index (χ0v) is 8.04. The average Bonchev–Trinajstić information content (AvgIpc) is 2.85. The Balaban J connectivity index is 2.26. The van der Waals surface area contributed by atoms with E-state index in [2.05, 4.69) is 20.9 Å². The van der Waals surface area contributed by atoms with Crippen molar-refractivity contribution in [1.29, 1.82) is 0 Å². The Morgan fingerprint density at radius 1 is 1.58 bits per heavy atom. The summed E-state index contributed by atoms with van der Waals surface area (Å²) < 4.78 is 0.918. The van der Waals surface area contributed by atoms with Crippen molar-refractivity contribution in [3.05, 3.63) is 28.5 Å². The largest absolute Gasteiger partial charge is 0.292 e. The van der Waals surface area contributed by atoms with Crippen molar-refractivity contribution in [2.24, 2.45) is 5.92 Å². The number of nitrogens with zero attached hydrogens (tertiary/aromatic N) is 1. The lowest BCUT2D eigenvalue weighted by Gasteiger charge is -1.96. The molecule has 0 bridgehead atoms. The van der Waals surface area contributed by atoms with Gasteiger partial charge >= 0.3 is 0 Å². The lowest BCUT2D eigenvalue weighted by Crippen LogP contribution is -2.03. The van der Waals surface area contributed by atoms with Crippen molar-refractivity contribution in [3.8, 4) is 0 Å². The number of pyridine rings is 1. The minimum absolute atomic E-state index is 0.191. The SMILES string of the molecule is O=C(c1cc(Br)ccn1)C1CC1. The van der Waals surface area contributed by atoms with Crippen LogP contribution in [0.5, 0.6) is 0 Å². The Labute approximate surface area is 79.1 Å². The molecule has 1 aromatic rings. The number of carbonyl (C=O) groups is 1. The molecule has 2 nitrogen and oxygen atoms in total. The van der Waals surface area contributed by atoms with Crippen molar-refractivity contribution in [2.75, 3.05) is 0 Å². The van der Waals surface area contributed by atoms with E-state index in [0.717, 1.165) is 17.3 Å². The third-order valence-corrected chi connectivity index (χ3v) is 2.42. The number of Topliss-reactive ketones (excluding diaryl/α,β-unsaturated/α-hetero) is 1. The van der Waals surface area contributed by atoms with Gasteiger partial charge in [-0.3, -0.25) is 9.78 Å². The number of ketones is 1. The fourth-order valence-corrected chi connectivity index (χ4v) is 1.43. The third kappa shape index (κ3) is 1.55. The molecule has 1 aromatic heterocycles. The molecule has 0 amide bonds. The highest BCUT2D eigenvalue weighted by atomic mass is 79.9. The van der Waals surface area contributed by atoms with Gasteiger partial charge in [-0.1, -0.05) is 15.9 Å². The molecular weight excluding hydrogens is 218 g/mol. The second kappa shape index (κ2) is 2.98. The van der Waals surface area contributed by atoms with E-state index in [1.807, 2.05) is 6.07 Å². The van der Waals surface area contributed by atoms with E-state index < -0.39 is 0 Å². The smallest absolute Gasteiger partial charge is 0.184 e. The van der Waals surface area contributed by atoms with Gasteiger partial charge in [0.2, 0.25) is 0 Å². The molecule has 0 saturated heterocycles. The van der Waals surface area contributed by atoms with Gasteiger partial charge in [-0.15, -0.1) is 0 Å². The molecule has 12 heavy (non-hydrogen) atoms. The topological polar surface area (TPSA) is 30.0 Å². The number of hydrogen-bond acceptors (Lipinski definition) is 2. The van der Waals surface area contributed by atoms with E-state index in [1.54, 1.807) is 12.3 Å². The van der Waals surface area contributed by atoms with Crippen molar-refractivity contribution in [2.45, 2.75) is 12.8 Å². The van der Waals surface area contributed by atoms with Crippen LogP contribution in [-0.2, 0) is 0 Å². The molecule has 1 heterocycles. The van der Waals surface area contributed by atoms with E-state index in [9.17, 15) is 4.79 Å². The summed E-state index contributed by atoms with van der Waals surface area (Å²) in [6, 6.07) is 3.60. The monoisotopic (exact) mass is 225 g/mol. The van der Waals surface area contributed by atoms with Crippen molar-refractivity contribution in [1.82, 2.24) is 4.98 Å². The first-order chi connectivity index (χ1) is 5.77. The van der Waals surface area contributed by atoms with E-state index in [0.29, 0.717) is 5.69 Å².